The summed E-state index contributed by atoms with van der Waals surface area (Å²) in [6.45, 7) is 2.01. The first kappa shape index (κ1) is 22.3. The van der Waals surface area contributed by atoms with Crippen LogP contribution in [0.2, 0.25) is 0 Å². The van der Waals surface area contributed by atoms with Crippen LogP contribution in [-0.2, 0) is 34.8 Å². The number of anilines is 2. The van der Waals surface area contributed by atoms with E-state index in [2.05, 4.69) is 34.5 Å². The van der Waals surface area contributed by atoms with Crippen molar-refractivity contribution in [2.24, 2.45) is 17.6 Å². The van der Waals surface area contributed by atoms with E-state index in [1.165, 1.54) is 35.1 Å². The first-order valence-electron chi connectivity index (χ1n) is 13.0. The summed E-state index contributed by atoms with van der Waals surface area (Å²) >= 11 is 0. The van der Waals surface area contributed by atoms with Crippen molar-refractivity contribution in [3.05, 3.63) is 46.7 Å². The van der Waals surface area contributed by atoms with Crippen LogP contribution in [0.4, 0.5) is 16.6 Å². The number of nitrogens with zero attached hydrogens (tertiary/aromatic N) is 3. The zero-order valence-corrected chi connectivity index (χ0v) is 21.1. The Balaban J connectivity index is 1.13. The summed E-state index contributed by atoms with van der Waals surface area (Å²) < 4.78 is 18.0. The maximum absolute atomic E-state index is 12.8. The van der Waals surface area contributed by atoms with E-state index in [1.807, 2.05) is 0 Å². The van der Waals surface area contributed by atoms with E-state index in [1.54, 1.807) is 0 Å². The number of hydrogen-bond donors (Lipinski definition) is 2. The van der Waals surface area contributed by atoms with Crippen molar-refractivity contribution in [3.8, 4) is 0 Å². The van der Waals surface area contributed by atoms with Crippen LogP contribution in [0.1, 0.15) is 48.1 Å². The van der Waals surface area contributed by atoms with Crippen molar-refractivity contribution in [1.29, 1.82) is 0 Å². The molecule has 0 spiro atoms. The number of carbonyl (C=O) groups is 1. The summed E-state index contributed by atoms with van der Waals surface area (Å²) in [6.07, 6.45) is 8.65. The summed E-state index contributed by atoms with van der Waals surface area (Å²) in [6, 6.07) is 6.99. The number of ether oxygens (including phenoxy) is 1. The van der Waals surface area contributed by atoms with E-state index in [0.717, 1.165) is 44.5 Å². The minimum Gasteiger partial charge on any atom is -0.447 e. The van der Waals surface area contributed by atoms with Gasteiger partial charge in [-0.1, -0.05) is 24.3 Å². The number of carbonyl (C=O) groups excluding carboxylic acids is 1. The zero-order chi connectivity index (χ0) is 24.4. The molecule has 0 bridgehead atoms. The molecule has 2 aliphatic heterocycles. The molecule has 1 aromatic heterocycles. The van der Waals surface area contributed by atoms with E-state index in [0.29, 0.717) is 40.7 Å². The number of allylic oxidation sites excluding steroid dienone is 1. The number of primary amides is 1. The van der Waals surface area contributed by atoms with E-state index < -0.39 is 22.4 Å². The standard InChI is InChI=1S/C27H31N5O3S/c28-25(33)35-15-27(7-1-8-27)31-24-23-22(6-9-36(23)34)29-26(30-24)32-13-20-11-19(12-21(20)14-32)18-5-3-16-2-4-17(16)10-18/h3,5,10-11,20-21H,1-2,4,6-9,12-15H2,(H2,28,33)(H,29,30,31)/t20-,21+,36+/m1/s1. The lowest BCUT2D eigenvalue weighted by Crippen LogP contribution is -2.50. The second-order valence-electron chi connectivity index (χ2n) is 11.0. The molecular formula is C27H31N5O3S. The Kier molecular flexibility index (Phi) is 5.13. The first-order chi connectivity index (χ1) is 17.5. The molecule has 9 heteroatoms. The van der Waals surface area contributed by atoms with Crippen LogP contribution in [0, 0.1) is 11.8 Å². The summed E-state index contributed by atoms with van der Waals surface area (Å²) in [4.78, 5) is 24.0. The average Bonchev–Trinajstić information content (AvgIpc) is 3.49. The predicted molar refractivity (Wildman–Crippen MR) is 138 cm³/mol. The van der Waals surface area contributed by atoms with Gasteiger partial charge in [0.2, 0.25) is 5.95 Å². The molecular weight excluding hydrogens is 474 g/mol. The minimum atomic E-state index is -1.12. The largest absolute Gasteiger partial charge is 0.447 e. The Morgan fingerprint density at radius 1 is 1.19 bits per heavy atom. The number of nitrogens with two attached hydrogens (primary N) is 1. The van der Waals surface area contributed by atoms with Crippen LogP contribution in [0.15, 0.2) is 29.2 Å². The molecule has 8 nitrogen and oxygen atoms in total. The lowest BCUT2D eigenvalue weighted by molar-refractivity contribution is 0.101. The predicted octanol–water partition coefficient (Wildman–Crippen LogP) is 3.21. The van der Waals surface area contributed by atoms with Crippen LogP contribution in [0.3, 0.4) is 0 Å². The third-order valence-corrected chi connectivity index (χ3v) is 10.2. The molecule has 3 N–H and O–H groups in total. The minimum absolute atomic E-state index is 0.188. The van der Waals surface area contributed by atoms with Crippen molar-refractivity contribution < 1.29 is 13.7 Å². The molecule has 36 heavy (non-hydrogen) atoms. The van der Waals surface area contributed by atoms with Gasteiger partial charge in [-0.15, -0.1) is 0 Å². The molecule has 1 amide bonds. The number of rotatable bonds is 6. The number of aromatic nitrogens is 2. The number of hydrogen-bond acceptors (Lipinski definition) is 7. The van der Waals surface area contributed by atoms with Crippen LogP contribution < -0.4 is 16.0 Å². The van der Waals surface area contributed by atoms with E-state index in [4.69, 9.17) is 20.4 Å². The van der Waals surface area contributed by atoms with Crippen LogP contribution in [0.5, 0.6) is 0 Å². The molecule has 0 radical (unpaired) electrons. The molecule has 1 saturated heterocycles. The number of amides is 1. The van der Waals surface area contributed by atoms with Crippen molar-refractivity contribution in [2.45, 2.75) is 55.4 Å². The number of fused-ring (bicyclic) bond motifs is 3. The number of nitrogens with one attached hydrogen (secondary N) is 1. The third kappa shape index (κ3) is 3.70. The van der Waals surface area contributed by atoms with Crippen molar-refractivity contribution >= 4 is 34.2 Å². The molecule has 1 aromatic carbocycles. The highest BCUT2D eigenvalue weighted by Gasteiger charge is 2.42. The van der Waals surface area contributed by atoms with Crippen LogP contribution in [-0.4, -0.2) is 51.3 Å². The molecule has 2 fully saturated rings. The van der Waals surface area contributed by atoms with Gasteiger partial charge in [0, 0.05) is 25.3 Å². The fourth-order valence-corrected chi connectivity index (χ4v) is 7.77. The maximum Gasteiger partial charge on any atom is 0.404 e. The molecule has 2 aromatic rings. The fourth-order valence-electron chi connectivity index (χ4n) is 6.46. The Hall–Kier alpha value is -2.94. The molecule has 7 rings (SSSR count). The Bertz CT molecular complexity index is 1320. The van der Waals surface area contributed by atoms with Gasteiger partial charge in [-0.3, -0.25) is 4.21 Å². The zero-order valence-electron chi connectivity index (χ0n) is 20.3. The van der Waals surface area contributed by atoms with Gasteiger partial charge < -0.3 is 20.7 Å². The highest BCUT2D eigenvalue weighted by Crippen LogP contribution is 2.44. The molecule has 0 unspecified atom stereocenters. The molecule has 3 heterocycles. The molecule has 1 saturated carbocycles. The number of aryl methyl sites for hydroxylation is 3. The second-order valence-corrected chi connectivity index (χ2v) is 12.5. The van der Waals surface area contributed by atoms with E-state index >= 15 is 0 Å². The maximum atomic E-state index is 12.8. The van der Waals surface area contributed by atoms with Gasteiger partial charge in [-0.25, -0.2) is 9.78 Å². The van der Waals surface area contributed by atoms with Gasteiger partial charge in [-0.2, -0.15) is 4.98 Å². The Morgan fingerprint density at radius 3 is 2.75 bits per heavy atom. The molecule has 3 atom stereocenters. The molecule has 188 valence electrons. The highest BCUT2D eigenvalue weighted by atomic mass is 32.2. The van der Waals surface area contributed by atoms with Gasteiger partial charge in [0.15, 0.2) is 0 Å². The molecule has 3 aliphatic carbocycles. The lowest BCUT2D eigenvalue weighted by atomic mass is 9.77. The summed E-state index contributed by atoms with van der Waals surface area (Å²) in [5.41, 5.74) is 11.6. The number of benzene rings is 1. The van der Waals surface area contributed by atoms with Gasteiger partial charge in [0.25, 0.3) is 0 Å². The topological polar surface area (TPSA) is 110 Å². The average molecular weight is 506 g/mol. The quantitative estimate of drug-likeness (QED) is 0.620. The smallest absolute Gasteiger partial charge is 0.404 e. The third-order valence-electron chi connectivity index (χ3n) is 8.77. The van der Waals surface area contributed by atoms with Crippen molar-refractivity contribution in [2.75, 3.05) is 35.7 Å². The van der Waals surface area contributed by atoms with E-state index in [9.17, 15) is 9.00 Å². The normalized spacial score (nSPS) is 26.8. The second kappa shape index (κ2) is 8.30. The summed E-state index contributed by atoms with van der Waals surface area (Å²) in [7, 11) is -1.12. The Morgan fingerprint density at radius 2 is 2.06 bits per heavy atom. The molecule has 5 aliphatic rings. The van der Waals surface area contributed by atoms with Gasteiger partial charge in [-0.05, 0) is 72.6 Å². The fraction of sp³-hybridized carbons (Fsp3) is 0.519. The lowest BCUT2D eigenvalue weighted by Gasteiger charge is -2.42. The van der Waals surface area contributed by atoms with Crippen LogP contribution >= 0.6 is 0 Å². The van der Waals surface area contributed by atoms with Crippen molar-refractivity contribution in [1.82, 2.24) is 9.97 Å². The van der Waals surface area contributed by atoms with Crippen molar-refractivity contribution in [3.63, 3.8) is 0 Å². The Labute approximate surface area is 213 Å². The summed E-state index contributed by atoms with van der Waals surface area (Å²) in [5.74, 6) is 2.98. The van der Waals surface area contributed by atoms with Gasteiger partial charge >= 0.3 is 6.09 Å². The van der Waals surface area contributed by atoms with Crippen LogP contribution in [0.25, 0.3) is 5.57 Å². The SMILES string of the molecule is NC(=O)OCC1(Nc2nc(N3C[C@@H]4CC(c5ccc6c(c5)CC6)=C[C@@H]4C3)nc3c2[S@@](=O)CC3)CCC1. The highest BCUT2D eigenvalue weighted by molar-refractivity contribution is 7.85. The first-order valence-corrected chi connectivity index (χ1v) is 14.4. The van der Waals surface area contributed by atoms with Gasteiger partial charge in [0.05, 0.1) is 22.0 Å². The monoisotopic (exact) mass is 505 g/mol. The summed E-state index contributed by atoms with van der Waals surface area (Å²) in [5, 5.41) is 3.52. The van der Waals surface area contributed by atoms with Gasteiger partial charge in [0.1, 0.15) is 17.3 Å². The van der Waals surface area contributed by atoms with E-state index in [-0.39, 0.29) is 6.61 Å².